The van der Waals surface area contributed by atoms with Gasteiger partial charge in [0.1, 0.15) is 4.83 Å². The summed E-state index contributed by atoms with van der Waals surface area (Å²) in [5.41, 5.74) is 5.70. The van der Waals surface area contributed by atoms with Crippen LogP contribution in [0.1, 0.15) is 29.5 Å². The number of benzene rings is 2. The van der Waals surface area contributed by atoms with Crippen LogP contribution in [0.25, 0.3) is 21.3 Å². The van der Waals surface area contributed by atoms with Crippen molar-refractivity contribution in [3.05, 3.63) is 85.2 Å². The van der Waals surface area contributed by atoms with Gasteiger partial charge < -0.3 is 0 Å². The van der Waals surface area contributed by atoms with Crippen LogP contribution in [0.2, 0.25) is 10.0 Å². The molecule has 1 aliphatic rings. The highest BCUT2D eigenvalue weighted by atomic mass is 35.5. The molecule has 2 heterocycles. The molecule has 5 rings (SSSR count). The van der Waals surface area contributed by atoms with Crippen molar-refractivity contribution in [2.24, 2.45) is 0 Å². The molecule has 0 spiro atoms. The molecular weight excluding hydrogens is 423 g/mol. The molecular formula is C23H18Cl2N2OS. The lowest BCUT2D eigenvalue weighted by Crippen LogP contribution is -2.21. The number of hydrogen-bond donors (Lipinski definition) is 0. The number of rotatable bonds is 3. The van der Waals surface area contributed by atoms with Crippen LogP contribution in [0, 0.1) is 0 Å². The Morgan fingerprint density at radius 1 is 1.03 bits per heavy atom. The summed E-state index contributed by atoms with van der Waals surface area (Å²) in [6.07, 6.45) is 6.36. The summed E-state index contributed by atoms with van der Waals surface area (Å²) in [6, 6.07) is 11.9. The summed E-state index contributed by atoms with van der Waals surface area (Å²) in [4.78, 5) is 18.6. The average molecular weight is 441 g/mol. The lowest BCUT2D eigenvalue weighted by molar-refractivity contribution is 0.686. The predicted molar refractivity (Wildman–Crippen MR) is 122 cm³/mol. The van der Waals surface area contributed by atoms with E-state index in [1.807, 2.05) is 11.4 Å². The highest BCUT2D eigenvalue weighted by molar-refractivity contribution is 7.17. The lowest BCUT2D eigenvalue weighted by Gasteiger charge is -2.16. The first-order chi connectivity index (χ1) is 14.1. The normalized spacial score (nSPS) is 13.6. The molecule has 0 saturated carbocycles. The first kappa shape index (κ1) is 18.9. The fourth-order valence-electron chi connectivity index (χ4n) is 4.03. The van der Waals surface area contributed by atoms with Gasteiger partial charge in [-0.3, -0.25) is 9.36 Å². The van der Waals surface area contributed by atoms with E-state index < -0.39 is 0 Å². The molecule has 0 amide bonds. The number of aromatic nitrogens is 2. The summed E-state index contributed by atoms with van der Waals surface area (Å²) in [5.74, 6) is 0. The molecule has 3 nitrogen and oxygen atoms in total. The quantitative estimate of drug-likeness (QED) is 0.371. The molecule has 0 fully saturated rings. The van der Waals surface area contributed by atoms with Gasteiger partial charge in [0.15, 0.2) is 0 Å². The Labute approximate surface area is 182 Å². The number of aryl methyl sites for hydroxylation is 2. The van der Waals surface area contributed by atoms with E-state index in [2.05, 4.69) is 23.2 Å². The van der Waals surface area contributed by atoms with Crippen LogP contribution in [0.15, 0.2) is 52.9 Å². The fraction of sp³-hybridized carbons (Fsp3) is 0.217. The van der Waals surface area contributed by atoms with Crippen molar-refractivity contribution in [3.63, 3.8) is 0 Å². The van der Waals surface area contributed by atoms with Gasteiger partial charge >= 0.3 is 0 Å². The standard InChI is InChI=1S/C23H18Cl2N2OS/c24-18-8-7-17(20(25)10-18)11-27-13-26-22-21(23(27)28)19(12-29-22)16-6-5-14-3-1-2-4-15(14)9-16/h5-10,12-13H,1-4,11H2. The molecule has 1 aliphatic carbocycles. The lowest BCUT2D eigenvalue weighted by atomic mass is 9.89. The first-order valence-corrected chi connectivity index (χ1v) is 11.3. The van der Waals surface area contributed by atoms with Crippen LogP contribution in [-0.2, 0) is 19.4 Å². The van der Waals surface area contributed by atoms with Crippen molar-refractivity contribution in [1.82, 2.24) is 9.55 Å². The maximum atomic E-state index is 13.3. The number of fused-ring (bicyclic) bond motifs is 2. The second kappa shape index (κ2) is 7.60. The predicted octanol–water partition coefficient (Wildman–Crippen LogP) is 6.36. The van der Waals surface area contributed by atoms with E-state index in [1.165, 1.54) is 35.3 Å². The smallest absolute Gasteiger partial charge is 0.263 e. The van der Waals surface area contributed by atoms with E-state index in [-0.39, 0.29) is 5.56 Å². The van der Waals surface area contributed by atoms with Crippen LogP contribution in [0.5, 0.6) is 0 Å². The maximum Gasteiger partial charge on any atom is 0.263 e. The minimum absolute atomic E-state index is 0.0463. The Bertz CT molecular complexity index is 1290. The summed E-state index contributed by atoms with van der Waals surface area (Å²) >= 11 is 13.8. The Morgan fingerprint density at radius 3 is 2.69 bits per heavy atom. The van der Waals surface area contributed by atoms with Crippen molar-refractivity contribution in [2.75, 3.05) is 0 Å². The van der Waals surface area contributed by atoms with Crippen molar-refractivity contribution in [1.29, 1.82) is 0 Å². The van der Waals surface area contributed by atoms with E-state index >= 15 is 0 Å². The Hall–Kier alpha value is -2.14. The van der Waals surface area contributed by atoms with Gasteiger partial charge in [-0.2, -0.15) is 0 Å². The molecule has 0 aliphatic heterocycles. The van der Waals surface area contributed by atoms with Crippen LogP contribution >= 0.6 is 34.5 Å². The van der Waals surface area contributed by atoms with Gasteiger partial charge in [0.25, 0.3) is 5.56 Å². The van der Waals surface area contributed by atoms with E-state index in [4.69, 9.17) is 23.2 Å². The number of hydrogen-bond acceptors (Lipinski definition) is 3. The molecule has 2 aromatic carbocycles. The molecule has 4 aromatic rings. The van der Waals surface area contributed by atoms with E-state index in [9.17, 15) is 4.79 Å². The van der Waals surface area contributed by atoms with Gasteiger partial charge in [-0.1, -0.05) is 47.5 Å². The average Bonchev–Trinajstić information content (AvgIpc) is 3.16. The molecule has 0 N–H and O–H groups in total. The SMILES string of the molecule is O=c1c2c(-c3ccc4c(c3)CCCC4)csc2ncn1Cc1ccc(Cl)cc1Cl. The number of halogens is 2. The van der Waals surface area contributed by atoms with E-state index in [0.29, 0.717) is 22.0 Å². The van der Waals surface area contributed by atoms with Gasteiger partial charge in [-0.15, -0.1) is 11.3 Å². The zero-order chi connectivity index (χ0) is 20.0. The van der Waals surface area contributed by atoms with Crippen LogP contribution in [0.4, 0.5) is 0 Å². The van der Waals surface area contributed by atoms with Gasteiger partial charge in [0.2, 0.25) is 0 Å². The second-order valence-electron chi connectivity index (χ2n) is 7.43. The van der Waals surface area contributed by atoms with Gasteiger partial charge in [0.05, 0.1) is 18.3 Å². The molecule has 0 bridgehead atoms. The van der Waals surface area contributed by atoms with Crippen LogP contribution < -0.4 is 5.56 Å². The van der Waals surface area contributed by atoms with Gasteiger partial charge in [-0.25, -0.2) is 4.98 Å². The molecule has 0 atom stereocenters. The van der Waals surface area contributed by atoms with Crippen LogP contribution in [0.3, 0.4) is 0 Å². The second-order valence-corrected chi connectivity index (χ2v) is 9.14. The Kier molecular flexibility index (Phi) is 4.94. The van der Waals surface area contributed by atoms with Crippen molar-refractivity contribution >= 4 is 44.8 Å². The third kappa shape index (κ3) is 3.50. The Morgan fingerprint density at radius 2 is 1.86 bits per heavy atom. The fourth-order valence-corrected chi connectivity index (χ4v) is 5.40. The minimum Gasteiger partial charge on any atom is -0.294 e. The zero-order valence-corrected chi connectivity index (χ0v) is 17.9. The Balaban J connectivity index is 1.60. The molecule has 29 heavy (non-hydrogen) atoms. The molecule has 0 saturated heterocycles. The zero-order valence-electron chi connectivity index (χ0n) is 15.6. The molecule has 6 heteroatoms. The largest absolute Gasteiger partial charge is 0.294 e. The summed E-state index contributed by atoms with van der Waals surface area (Å²) < 4.78 is 1.62. The summed E-state index contributed by atoms with van der Waals surface area (Å²) in [6.45, 7) is 0.358. The van der Waals surface area contributed by atoms with Crippen molar-refractivity contribution < 1.29 is 0 Å². The van der Waals surface area contributed by atoms with E-state index in [1.54, 1.807) is 23.0 Å². The topological polar surface area (TPSA) is 34.9 Å². The third-order valence-corrected chi connectivity index (χ3v) is 7.05. The molecule has 0 radical (unpaired) electrons. The van der Waals surface area contributed by atoms with Crippen LogP contribution in [-0.4, -0.2) is 9.55 Å². The van der Waals surface area contributed by atoms with E-state index in [0.717, 1.165) is 34.4 Å². The molecule has 0 unspecified atom stereocenters. The summed E-state index contributed by atoms with van der Waals surface area (Å²) in [5, 5.41) is 3.85. The first-order valence-electron chi connectivity index (χ1n) is 9.63. The molecule has 2 aromatic heterocycles. The van der Waals surface area contributed by atoms with Gasteiger partial charge in [-0.05, 0) is 60.1 Å². The van der Waals surface area contributed by atoms with Crippen molar-refractivity contribution in [3.8, 4) is 11.1 Å². The summed E-state index contributed by atoms with van der Waals surface area (Å²) in [7, 11) is 0. The third-order valence-electron chi connectivity index (χ3n) is 5.58. The van der Waals surface area contributed by atoms with Crippen molar-refractivity contribution in [2.45, 2.75) is 32.2 Å². The monoisotopic (exact) mass is 440 g/mol. The minimum atomic E-state index is -0.0463. The maximum absolute atomic E-state index is 13.3. The molecule has 146 valence electrons. The highest BCUT2D eigenvalue weighted by Crippen LogP contribution is 2.33. The number of nitrogens with zero attached hydrogens (tertiary/aromatic N) is 2. The highest BCUT2D eigenvalue weighted by Gasteiger charge is 2.16. The van der Waals surface area contributed by atoms with Gasteiger partial charge in [0, 0.05) is 21.0 Å². The number of thiophene rings is 1.